The standard InChI is InChI=1S/C19H21ClN2O2/c1-12(24-16-6-3-5-14(20)11-16)19(23)22-18-7-2-4-13-10-15(21)8-9-17(13)18/h3,5-6,8-12,18H,2,4,7,21H2,1H3,(H,22,23). The van der Waals surface area contributed by atoms with E-state index in [0.717, 1.165) is 30.5 Å². The van der Waals surface area contributed by atoms with Crippen molar-refractivity contribution in [3.8, 4) is 5.75 Å². The number of rotatable bonds is 4. The van der Waals surface area contributed by atoms with Gasteiger partial charge in [-0.05, 0) is 67.6 Å². The molecule has 126 valence electrons. The van der Waals surface area contributed by atoms with Crippen LogP contribution in [0.5, 0.6) is 5.75 Å². The normalized spacial score (nSPS) is 17.7. The Morgan fingerprint density at radius 3 is 2.96 bits per heavy atom. The molecule has 0 spiro atoms. The number of carbonyl (C=O) groups is 1. The number of hydrogen-bond donors (Lipinski definition) is 2. The fourth-order valence-electron chi connectivity index (χ4n) is 3.07. The number of benzene rings is 2. The Morgan fingerprint density at radius 2 is 2.17 bits per heavy atom. The molecule has 2 aromatic rings. The predicted octanol–water partition coefficient (Wildman–Crippen LogP) is 3.88. The average molecular weight is 345 g/mol. The number of nitrogens with one attached hydrogen (secondary N) is 1. The second-order valence-electron chi connectivity index (χ2n) is 6.13. The Balaban J connectivity index is 1.67. The highest BCUT2D eigenvalue weighted by Gasteiger charge is 2.24. The van der Waals surface area contributed by atoms with Gasteiger partial charge in [-0.2, -0.15) is 0 Å². The van der Waals surface area contributed by atoms with Gasteiger partial charge in [-0.15, -0.1) is 0 Å². The van der Waals surface area contributed by atoms with Gasteiger partial charge in [-0.1, -0.05) is 23.7 Å². The van der Waals surface area contributed by atoms with Gasteiger partial charge in [0.1, 0.15) is 5.75 Å². The number of halogens is 1. The molecule has 3 rings (SSSR count). The maximum Gasteiger partial charge on any atom is 0.261 e. The van der Waals surface area contributed by atoms with Crippen molar-refractivity contribution in [3.05, 3.63) is 58.6 Å². The first-order valence-electron chi connectivity index (χ1n) is 8.14. The molecule has 4 nitrogen and oxygen atoms in total. The summed E-state index contributed by atoms with van der Waals surface area (Å²) in [7, 11) is 0. The van der Waals surface area contributed by atoms with Crippen LogP contribution >= 0.6 is 11.6 Å². The number of carbonyl (C=O) groups excluding carboxylic acids is 1. The SMILES string of the molecule is CC(Oc1cccc(Cl)c1)C(=O)NC1CCCc2cc(N)ccc21. The summed E-state index contributed by atoms with van der Waals surface area (Å²) in [6, 6.07) is 12.9. The first kappa shape index (κ1) is 16.7. The minimum Gasteiger partial charge on any atom is -0.481 e. The topological polar surface area (TPSA) is 64.3 Å². The molecule has 0 aromatic heterocycles. The smallest absolute Gasteiger partial charge is 0.261 e. The molecule has 0 aliphatic heterocycles. The number of aryl methyl sites for hydroxylation is 1. The minimum atomic E-state index is -0.595. The van der Waals surface area contributed by atoms with E-state index in [-0.39, 0.29) is 11.9 Å². The highest BCUT2D eigenvalue weighted by atomic mass is 35.5. The number of ether oxygens (including phenoxy) is 1. The van der Waals surface area contributed by atoms with Gasteiger partial charge >= 0.3 is 0 Å². The van der Waals surface area contributed by atoms with E-state index >= 15 is 0 Å². The van der Waals surface area contributed by atoms with Gasteiger partial charge in [0, 0.05) is 10.7 Å². The van der Waals surface area contributed by atoms with Crippen molar-refractivity contribution in [1.29, 1.82) is 0 Å². The van der Waals surface area contributed by atoms with Crippen molar-refractivity contribution in [2.75, 3.05) is 5.73 Å². The Bertz CT molecular complexity index is 748. The van der Waals surface area contributed by atoms with Crippen LogP contribution < -0.4 is 15.8 Å². The zero-order valence-corrected chi connectivity index (χ0v) is 14.3. The van der Waals surface area contributed by atoms with Gasteiger partial charge in [-0.3, -0.25) is 4.79 Å². The summed E-state index contributed by atoms with van der Waals surface area (Å²) in [5.74, 6) is 0.451. The quantitative estimate of drug-likeness (QED) is 0.827. The lowest BCUT2D eigenvalue weighted by Gasteiger charge is -2.28. The predicted molar refractivity (Wildman–Crippen MR) is 96.2 cm³/mol. The first-order valence-corrected chi connectivity index (χ1v) is 8.51. The number of nitrogen functional groups attached to an aromatic ring is 1. The lowest BCUT2D eigenvalue weighted by molar-refractivity contribution is -0.128. The molecule has 0 bridgehead atoms. The summed E-state index contributed by atoms with van der Waals surface area (Å²) in [6.45, 7) is 1.74. The van der Waals surface area contributed by atoms with Crippen LogP contribution in [0, 0.1) is 0 Å². The van der Waals surface area contributed by atoms with E-state index in [9.17, 15) is 4.79 Å². The average Bonchev–Trinajstić information content (AvgIpc) is 2.54. The van der Waals surface area contributed by atoms with Crippen LogP contribution in [0.2, 0.25) is 5.02 Å². The van der Waals surface area contributed by atoms with Crippen LogP contribution in [0.25, 0.3) is 0 Å². The van der Waals surface area contributed by atoms with Gasteiger partial charge in [-0.25, -0.2) is 0 Å². The maximum atomic E-state index is 12.5. The molecule has 0 fully saturated rings. The van der Waals surface area contributed by atoms with Crippen LogP contribution in [-0.2, 0) is 11.2 Å². The van der Waals surface area contributed by atoms with E-state index in [0.29, 0.717) is 10.8 Å². The lowest BCUT2D eigenvalue weighted by Crippen LogP contribution is -2.39. The fourth-order valence-corrected chi connectivity index (χ4v) is 3.25. The number of amides is 1. The van der Waals surface area contributed by atoms with Gasteiger partial charge in [0.15, 0.2) is 6.10 Å². The number of fused-ring (bicyclic) bond motifs is 1. The molecule has 2 aromatic carbocycles. The molecule has 0 radical (unpaired) electrons. The molecule has 2 atom stereocenters. The van der Waals surface area contributed by atoms with Gasteiger partial charge < -0.3 is 15.8 Å². The lowest BCUT2D eigenvalue weighted by atomic mass is 9.87. The molecule has 0 saturated heterocycles. The third kappa shape index (κ3) is 3.82. The molecular formula is C19H21ClN2O2. The van der Waals surface area contributed by atoms with Crippen LogP contribution in [0.3, 0.4) is 0 Å². The number of anilines is 1. The molecule has 1 aliphatic carbocycles. The summed E-state index contributed by atoms with van der Waals surface area (Å²) in [5, 5.41) is 3.67. The largest absolute Gasteiger partial charge is 0.481 e. The van der Waals surface area contributed by atoms with E-state index in [1.807, 2.05) is 18.2 Å². The summed E-state index contributed by atoms with van der Waals surface area (Å²) in [6.07, 6.45) is 2.36. The van der Waals surface area contributed by atoms with Gasteiger partial charge in [0.05, 0.1) is 6.04 Å². The Kier molecular flexibility index (Phi) is 4.95. The monoisotopic (exact) mass is 344 g/mol. The Hall–Kier alpha value is -2.20. The highest BCUT2D eigenvalue weighted by molar-refractivity contribution is 6.30. The Morgan fingerprint density at radius 1 is 1.33 bits per heavy atom. The van der Waals surface area contributed by atoms with Crippen molar-refractivity contribution in [2.24, 2.45) is 0 Å². The van der Waals surface area contributed by atoms with E-state index in [2.05, 4.69) is 5.32 Å². The number of hydrogen-bond acceptors (Lipinski definition) is 3. The molecule has 2 unspecified atom stereocenters. The Labute approximate surface area is 147 Å². The summed E-state index contributed by atoms with van der Waals surface area (Å²) in [4.78, 5) is 12.5. The first-order chi connectivity index (χ1) is 11.5. The molecule has 3 N–H and O–H groups in total. The molecule has 0 heterocycles. The van der Waals surface area contributed by atoms with Crippen LogP contribution in [0.1, 0.15) is 36.9 Å². The molecule has 0 saturated carbocycles. The van der Waals surface area contributed by atoms with E-state index in [1.54, 1.807) is 31.2 Å². The third-order valence-electron chi connectivity index (χ3n) is 4.28. The van der Waals surface area contributed by atoms with E-state index < -0.39 is 6.10 Å². The van der Waals surface area contributed by atoms with Crippen molar-refractivity contribution in [1.82, 2.24) is 5.32 Å². The molecule has 5 heteroatoms. The van der Waals surface area contributed by atoms with Crippen molar-refractivity contribution < 1.29 is 9.53 Å². The van der Waals surface area contributed by atoms with Crippen LogP contribution in [-0.4, -0.2) is 12.0 Å². The fraction of sp³-hybridized carbons (Fsp3) is 0.316. The summed E-state index contributed by atoms with van der Waals surface area (Å²) in [5.41, 5.74) is 8.99. The van der Waals surface area contributed by atoms with Gasteiger partial charge in [0.25, 0.3) is 5.91 Å². The molecule has 1 amide bonds. The third-order valence-corrected chi connectivity index (χ3v) is 4.51. The number of nitrogens with two attached hydrogens (primary N) is 1. The van der Waals surface area contributed by atoms with Crippen LogP contribution in [0.4, 0.5) is 5.69 Å². The second kappa shape index (κ2) is 7.14. The second-order valence-corrected chi connectivity index (χ2v) is 6.57. The summed E-state index contributed by atoms with van der Waals surface area (Å²) < 4.78 is 5.69. The summed E-state index contributed by atoms with van der Waals surface area (Å²) >= 11 is 5.94. The minimum absolute atomic E-state index is 0.00672. The van der Waals surface area contributed by atoms with Crippen molar-refractivity contribution in [2.45, 2.75) is 38.3 Å². The van der Waals surface area contributed by atoms with E-state index in [4.69, 9.17) is 22.1 Å². The highest BCUT2D eigenvalue weighted by Crippen LogP contribution is 2.31. The molecule has 1 aliphatic rings. The zero-order chi connectivity index (χ0) is 17.1. The van der Waals surface area contributed by atoms with E-state index in [1.165, 1.54) is 5.56 Å². The van der Waals surface area contributed by atoms with Crippen molar-refractivity contribution in [3.63, 3.8) is 0 Å². The van der Waals surface area contributed by atoms with Crippen molar-refractivity contribution >= 4 is 23.2 Å². The van der Waals surface area contributed by atoms with Crippen LogP contribution in [0.15, 0.2) is 42.5 Å². The molecular weight excluding hydrogens is 324 g/mol. The zero-order valence-electron chi connectivity index (χ0n) is 13.6. The maximum absolute atomic E-state index is 12.5. The van der Waals surface area contributed by atoms with Gasteiger partial charge in [0.2, 0.25) is 0 Å². The molecule has 24 heavy (non-hydrogen) atoms.